The number of aromatic nitrogens is 1. The average molecular weight is 446 g/mol. The summed E-state index contributed by atoms with van der Waals surface area (Å²) in [6.07, 6.45) is 2.37. The van der Waals surface area contributed by atoms with Crippen LogP contribution in [0.15, 0.2) is 66.9 Å². The molecule has 1 aliphatic rings. The van der Waals surface area contributed by atoms with Gasteiger partial charge < -0.3 is 14.8 Å². The summed E-state index contributed by atoms with van der Waals surface area (Å²) in [5, 5.41) is 2.89. The number of para-hydroxylation sites is 1. The Kier molecular flexibility index (Phi) is 6.31. The quantitative estimate of drug-likeness (QED) is 0.568. The van der Waals surface area contributed by atoms with Crippen LogP contribution in [0.5, 0.6) is 5.75 Å². The largest absolute Gasteiger partial charge is 0.488 e. The van der Waals surface area contributed by atoms with Gasteiger partial charge in [0.1, 0.15) is 12.2 Å². The topological polar surface area (TPSA) is 80.8 Å². The number of esters is 1. The fraction of sp³-hybridized carbons (Fsp3) is 0.269. The van der Waals surface area contributed by atoms with Gasteiger partial charge in [0.05, 0.1) is 12.1 Å². The van der Waals surface area contributed by atoms with E-state index in [0.717, 1.165) is 16.8 Å². The molecule has 3 aromatic rings. The van der Waals surface area contributed by atoms with Gasteiger partial charge in [-0.25, -0.2) is 14.6 Å². The van der Waals surface area contributed by atoms with E-state index in [-0.39, 0.29) is 12.0 Å². The Balaban J connectivity index is 1.45. The molecule has 0 radical (unpaired) electrons. The first kappa shape index (κ1) is 22.3. The van der Waals surface area contributed by atoms with Crippen LogP contribution in [0.3, 0.4) is 0 Å². The molecular weight excluding hydrogens is 418 g/mol. The Labute approximate surface area is 193 Å². The molecule has 2 heterocycles. The van der Waals surface area contributed by atoms with Crippen LogP contribution in [0, 0.1) is 0 Å². The number of rotatable bonds is 4. The Hall–Kier alpha value is -3.87. The maximum Gasteiger partial charge on any atom is 0.338 e. The number of anilines is 2. The van der Waals surface area contributed by atoms with E-state index >= 15 is 0 Å². The molecule has 0 saturated heterocycles. The number of urea groups is 1. The van der Waals surface area contributed by atoms with Gasteiger partial charge in [-0.2, -0.15) is 0 Å². The first-order valence-electron chi connectivity index (χ1n) is 10.9. The van der Waals surface area contributed by atoms with Crippen molar-refractivity contribution < 1.29 is 19.1 Å². The molecule has 0 aliphatic carbocycles. The summed E-state index contributed by atoms with van der Waals surface area (Å²) in [6.45, 7) is 6.35. The van der Waals surface area contributed by atoms with E-state index in [2.05, 4.69) is 10.3 Å². The summed E-state index contributed by atoms with van der Waals surface area (Å²) < 4.78 is 11.2. The zero-order chi connectivity index (χ0) is 23.4. The summed E-state index contributed by atoms with van der Waals surface area (Å²) in [5.74, 6) is 0.734. The molecule has 0 spiro atoms. The van der Waals surface area contributed by atoms with Crippen LogP contribution < -0.4 is 15.0 Å². The van der Waals surface area contributed by atoms with Gasteiger partial charge in [0, 0.05) is 11.9 Å². The number of amides is 2. The lowest BCUT2D eigenvalue weighted by molar-refractivity contribution is 0.00695. The maximum absolute atomic E-state index is 12.8. The van der Waals surface area contributed by atoms with Gasteiger partial charge in [-0.1, -0.05) is 30.3 Å². The second-order valence-corrected chi connectivity index (χ2v) is 8.84. The van der Waals surface area contributed by atoms with Crippen LogP contribution in [0.1, 0.15) is 42.3 Å². The minimum absolute atomic E-state index is 0.247. The van der Waals surface area contributed by atoms with Gasteiger partial charge >= 0.3 is 12.0 Å². The van der Waals surface area contributed by atoms with Gasteiger partial charge in [0.25, 0.3) is 0 Å². The molecule has 0 saturated carbocycles. The van der Waals surface area contributed by atoms with Gasteiger partial charge in [-0.15, -0.1) is 0 Å². The lowest BCUT2D eigenvalue weighted by Gasteiger charge is -2.28. The molecule has 2 aromatic carbocycles. The van der Waals surface area contributed by atoms with Crippen molar-refractivity contribution in [2.24, 2.45) is 0 Å². The van der Waals surface area contributed by atoms with Crippen molar-refractivity contribution in [3.05, 3.63) is 83.6 Å². The first-order valence-corrected chi connectivity index (χ1v) is 10.9. The third-order valence-corrected chi connectivity index (χ3v) is 4.98. The molecule has 2 amide bonds. The van der Waals surface area contributed by atoms with Crippen LogP contribution >= 0.6 is 0 Å². The number of hydrogen-bond acceptors (Lipinski definition) is 5. The normalized spacial score (nSPS) is 13.0. The summed E-state index contributed by atoms with van der Waals surface area (Å²) in [6, 6.07) is 18.3. The van der Waals surface area contributed by atoms with E-state index in [4.69, 9.17) is 9.47 Å². The van der Waals surface area contributed by atoms with Crippen LogP contribution in [0.2, 0.25) is 0 Å². The molecule has 33 heavy (non-hydrogen) atoms. The Bertz CT molecular complexity index is 1140. The number of benzene rings is 2. The van der Waals surface area contributed by atoms with Gasteiger partial charge in [-0.3, -0.25) is 4.90 Å². The minimum Gasteiger partial charge on any atom is -0.488 e. The third-order valence-electron chi connectivity index (χ3n) is 4.98. The number of pyridine rings is 1. The van der Waals surface area contributed by atoms with Crippen LogP contribution in [-0.4, -0.2) is 35.7 Å². The molecule has 0 unspecified atom stereocenters. The molecule has 1 aliphatic heterocycles. The third kappa shape index (κ3) is 5.68. The minimum atomic E-state index is -0.531. The monoisotopic (exact) mass is 445 g/mol. The zero-order valence-corrected chi connectivity index (χ0v) is 19.0. The number of hydrogen-bond donors (Lipinski definition) is 1. The lowest BCUT2D eigenvalue weighted by atomic mass is 10.0. The fourth-order valence-electron chi connectivity index (χ4n) is 3.48. The number of ether oxygens (including phenoxy) is 2. The van der Waals surface area contributed by atoms with E-state index in [1.165, 1.54) is 0 Å². The number of carbonyl (C=O) groups excluding carboxylic acids is 2. The highest BCUT2D eigenvalue weighted by molar-refractivity contribution is 6.02. The Morgan fingerprint density at radius 3 is 2.48 bits per heavy atom. The average Bonchev–Trinajstić information content (AvgIpc) is 2.78. The molecule has 1 N–H and O–H groups in total. The second-order valence-electron chi connectivity index (χ2n) is 8.84. The Morgan fingerprint density at radius 1 is 1.06 bits per heavy atom. The molecule has 0 fully saturated rings. The maximum atomic E-state index is 12.8. The number of nitrogens with zero attached hydrogens (tertiary/aromatic N) is 2. The highest BCUT2D eigenvalue weighted by atomic mass is 16.6. The van der Waals surface area contributed by atoms with Crippen molar-refractivity contribution >= 4 is 23.5 Å². The molecule has 4 rings (SSSR count). The van der Waals surface area contributed by atoms with Gasteiger partial charge in [-0.05, 0) is 68.7 Å². The van der Waals surface area contributed by atoms with Crippen molar-refractivity contribution in [2.45, 2.75) is 32.8 Å². The summed E-state index contributed by atoms with van der Waals surface area (Å²) in [4.78, 5) is 31.1. The molecule has 1 aromatic heterocycles. The van der Waals surface area contributed by atoms with Crippen molar-refractivity contribution in [3.8, 4) is 5.75 Å². The van der Waals surface area contributed by atoms with Crippen molar-refractivity contribution in [2.75, 3.05) is 23.4 Å². The summed E-state index contributed by atoms with van der Waals surface area (Å²) >= 11 is 0. The molecule has 0 atom stereocenters. The molecule has 170 valence electrons. The Morgan fingerprint density at radius 2 is 1.79 bits per heavy atom. The smallest absolute Gasteiger partial charge is 0.338 e. The summed E-state index contributed by atoms with van der Waals surface area (Å²) in [5.41, 5.74) is 2.68. The zero-order valence-electron chi connectivity index (χ0n) is 19.0. The second kappa shape index (κ2) is 9.32. The van der Waals surface area contributed by atoms with Crippen LogP contribution in [-0.2, 0) is 11.2 Å². The highest BCUT2D eigenvalue weighted by Crippen LogP contribution is 2.31. The molecule has 7 heteroatoms. The first-order chi connectivity index (χ1) is 15.8. The van der Waals surface area contributed by atoms with E-state index < -0.39 is 5.60 Å². The number of nitrogens with one attached hydrogen (secondary N) is 1. The van der Waals surface area contributed by atoms with Gasteiger partial charge in [0.15, 0.2) is 11.6 Å². The standard InChI is InChI=1S/C26H27N3O4/c1-26(2,3)33-24(30)20-11-9-18(10-12-20)15-19-16-22-23(27-17-19)29(13-14-32-22)25(31)28-21-7-5-4-6-8-21/h4-12,16-17H,13-15H2,1-3H3,(H,28,31). The summed E-state index contributed by atoms with van der Waals surface area (Å²) in [7, 11) is 0. The van der Waals surface area contributed by atoms with Crippen LogP contribution in [0.4, 0.5) is 16.3 Å². The van der Waals surface area contributed by atoms with Crippen molar-refractivity contribution in [1.29, 1.82) is 0 Å². The predicted octanol–water partition coefficient (Wildman–Crippen LogP) is 5.06. The highest BCUT2D eigenvalue weighted by Gasteiger charge is 2.25. The van der Waals surface area contributed by atoms with E-state index in [0.29, 0.717) is 36.7 Å². The van der Waals surface area contributed by atoms with Crippen LogP contribution in [0.25, 0.3) is 0 Å². The molecule has 0 bridgehead atoms. The number of fused-ring (bicyclic) bond motifs is 1. The van der Waals surface area contributed by atoms with Crippen molar-refractivity contribution in [1.82, 2.24) is 4.98 Å². The number of carbonyl (C=O) groups is 2. The SMILES string of the molecule is CC(C)(C)OC(=O)c1ccc(Cc2cnc3c(c2)OCCN3C(=O)Nc2ccccc2)cc1. The lowest BCUT2D eigenvalue weighted by Crippen LogP contribution is -2.41. The van der Waals surface area contributed by atoms with E-state index in [1.54, 1.807) is 23.2 Å². The molecular formula is C26H27N3O4. The fourth-order valence-corrected chi connectivity index (χ4v) is 3.48. The van der Waals surface area contributed by atoms with Gasteiger partial charge in [0.2, 0.25) is 0 Å². The molecule has 7 nitrogen and oxygen atoms in total. The van der Waals surface area contributed by atoms with E-state index in [1.807, 2.05) is 69.3 Å². The predicted molar refractivity (Wildman–Crippen MR) is 127 cm³/mol. The van der Waals surface area contributed by atoms with E-state index in [9.17, 15) is 9.59 Å². The van der Waals surface area contributed by atoms with Crippen molar-refractivity contribution in [3.63, 3.8) is 0 Å².